The number of furan rings is 1. The van der Waals surface area contributed by atoms with E-state index in [-0.39, 0.29) is 12.5 Å². The van der Waals surface area contributed by atoms with Gasteiger partial charge in [-0.15, -0.1) is 0 Å². The van der Waals surface area contributed by atoms with Crippen molar-refractivity contribution in [1.82, 2.24) is 4.98 Å². The molecule has 0 unspecified atom stereocenters. The second kappa shape index (κ2) is 8.13. The number of fused-ring (bicyclic) bond motifs is 2. The Morgan fingerprint density at radius 1 is 1.06 bits per heavy atom. The number of benzene rings is 3. The lowest BCUT2D eigenvalue weighted by Crippen LogP contribution is -2.30. The van der Waals surface area contributed by atoms with E-state index in [2.05, 4.69) is 26.0 Å². The molecule has 0 aliphatic carbocycles. The van der Waals surface area contributed by atoms with E-state index in [0.29, 0.717) is 22.2 Å². The van der Waals surface area contributed by atoms with E-state index in [4.69, 9.17) is 14.1 Å². The van der Waals surface area contributed by atoms with Crippen LogP contribution in [-0.4, -0.2) is 18.0 Å². The lowest BCUT2D eigenvalue weighted by Gasteiger charge is -2.20. The maximum atomic E-state index is 13.9. The fourth-order valence-corrected chi connectivity index (χ4v) is 4.84. The van der Waals surface area contributed by atoms with Crippen LogP contribution in [0.5, 0.6) is 5.75 Å². The van der Waals surface area contributed by atoms with Crippen LogP contribution < -0.4 is 9.64 Å². The smallest absolute Gasteiger partial charge is 0.264 e. The molecular weight excluding hydrogens is 420 g/mol. The Balaban J connectivity index is 1.65. The molecule has 160 valence electrons. The summed E-state index contributed by atoms with van der Waals surface area (Å²) in [4.78, 5) is 20.4. The molecule has 0 saturated heterocycles. The first-order valence-corrected chi connectivity index (χ1v) is 11.1. The molecule has 0 spiro atoms. The Hall–Kier alpha value is -3.64. The average Bonchev–Trinajstić information content (AvgIpc) is 3.48. The fraction of sp³-hybridized carbons (Fsp3) is 0.154. The predicted molar refractivity (Wildman–Crippen MR) is 129 cm³/mol. The van der Waals surface area contributed by atoms with Crippen molar-refractivity contribution in [3.05, 3.63) is 89.4 Å². The Bertz CT molecular complexity index is 1440. The van der Waals surface area contributed by atoms with Gasteiger partial charge in [0.2, 0.25) is 0 Å². The van der Waals surface area contributed by atoms with E-state index >= 15 is 0 Å². The number of hydrogen-bond acceptors (Lipinski definition) is 5. The first kappa shape index (κ1) is 20.3. The highest BCUT2D eigenvalue weighted by molar-refractivity contribution is 7.22. The molecule has 5 aromatic rings. The maximum absolute atomic E-state index is 13.9. The van der Waals surface area contributed by atoms with Crippen molar-refractivity contribution in [3.8, 4) is 5.75 Å². The van der Waals surface area contributed by atoms with Gasteiger partial charge in [0.05, 0.1) is 35.7 Å². The van der Waals surface area contributed by atoms with Crippen molar-refractivity contribution in [1.29, 1.82) is 0 Å². The minimum absolute atomic E-state index is 0.183. The highest BCUT2D eigenvalue weighted by Gasteiger charge is 2.26. The first-order valence-electron chi connectivity index (χ1n) is 10.3. The van der Waals surface area contributed by atoms with Crippen LogP contribution in [0.25, 0.3) is 21.0 Å². The van der Waals surface area contributed by atoms with E-state index in [1.807, 2.05) is 48.5 Å². The van der Waals surface area contributed by atoms with E-state index in [1.54, 1.807) is 18.3 Å². The van der Waals surface area contributed by atoms with Crippen LogP contribution in [0.2, 0.25) is 0 Å². The number of aryl methyl sites for hydroxylation is 2. The Kier molecular flexibility index (Phi) is 5.15. The molecule has 5 nitrogen and oxygen atoms in total. The molecule has 32 heavy (non-hydrogen) atoms. The molecule has 0 aliphatic rings. The third-order valence-corrected chi connectivity index (χ3v) is 6.79. The lowest BCUT2D eigenvalue weighted by molar-refractivity contribution is 0.0980. The van der Waals surface area contributed by atoms with Crippen LogP contribution in [0.3, 0.4) is 0 Å². The minimum atomic E-state index is -0.183. The molecule has 0 saturated carbocycles. The number of thiazole rings is 1. The van der Waals surface area contributed by atoms with Crippen molar-refractivity contribution in [2.45, 2.75) is 20.4 Å². The van der Waals surface area contributed by atoms with Gasteiger partial charge in [-0.25, -0.2) is 4.98 Å². The summed E-state index contributed by atoms with van der Waals surface area (Å²) in [6.45, 7) is 4.41. The molecule has 0 aliphatic heterocycles. The molecule has 5 rings (SSSR count). The van der Waals surface area contributed by atoms with E-state index in [1.165, 1.54) is 16.9 Å². The van der Waals surface area contributed by atoms with Crippen molar-refractivity contribution in [3.63, 3.8) is 0 Å². The highest BCUT2D eigenvalue weighted by atomic mass is 32.1. The number of aromatic nitrogens is 1. The summed E-state index contributed by atoms with van der Waals surface area (Å²) >= 11 is 1.50. The topological polar surface area (TPSA) is 55.6 Å². The number of ether oxygens (including phenoxy) is 1. The Morgan fingerprint density at radius 3 is 2.56 bits per heavy atom. The summed E-state index contributed by atoms with van der Waals surface area (Å²) in [5, 5.41) is 2.63. The van der Waals surface area contributed by atoms with Crippen molar-refractivity contribution < 1.29 is 13.9 Å². The van der Waals surface area contributed by atoms with E-state index < -0.39 is 0 Å². The summed E-state index contributed by atoms with van der Waals surface area (Å²) in [5.74, 6) is 1.04. The molecule has 0 fully saturated rings. The normalized spacial score (nSPS) is 11.2. The average molecular weight is 443 g/mol. The van der Waals surface area contributed by atoms with E-state index in [0.717, 1.165) is 26.6 Å². The number of hydrogen-bond donors (Lipinski definition) is 0. The van der Waals surface area contributed by atoms with Gasteiger partial charge in [0.15, 0.2) is 5.13 Å². The second-order valence-electron chi connectivity index (χ2n) is 7.72. The number of nitrogens with zero attached hydrogens (tertiary/aromatic N) is 2. The summed E-state index contributed by atoms with van der Waals surface area (Å²) in [5.41, 5.74) is 3.71. The van der Waals surface area contributed by atoms with Crippen LogP contribution in [0, 0.1) is 13.8 Å². The SMILES string of the molecule is COc1cc2ccccc2cc1C(=O)N(Cc1ccco1)c1nc2c(C)c(C)ccc2s1. The molecule has 0 N–H and O–H groups in total. The van der Waals surface area contributed by atoms with Gasteiger partial charge in [0.1, 0.15) is 11.5 Å². The van der Waals surface area contributed by atoms with Crippen LogP contribution in [-0.2, 0) is 6.54 Å². The predicted octanol–water partition coefficient (Wildman–Crippen LogP) is 6.51. The molecule has 0 bridgehead atoms. The third kappa shape index (κ3) is 3.52. The van der Waals surface area contributed by atoms with Crippen molar-refractivity contribution in [2.24, 2.45) is 0 Å². The summed E-state index contributed by atoms with van der Waals surface area (Å²) in [7, 11) is 1.58. The molecular formula is C26H22N2O3S. The van der Waals surface area contributed by atoms with Crippen LogP contribution in [0.1, 0.15) is 27.2 Å². The molecule has 0 atom stereocenters. The fourth-order valence-electron chi connectivity index (χ4n) is 3.82. The monoisotopic (exact) mass is 442 g/mol. The number of carbonyl (C=O) groups excluding carboxylic acids is 1. The summed E-state index contributed by atoms with van der Waals surface area (Å²) in [6, 6.07) is 19.5. The van der Waals surface area contributed by atoms with Gasteiger partial charge in [0.25, 0.3) is 5.91 Å². The second-order valence-corrected chi connectivity index (χ2v) is 8.73. The highest BCUT2D eigenvalue weighted by Crippen LogP contribution is 2.35. The quantitative estimate of drug-likeness (QED) is 0.311. The third-order valence-electron chi connectivity index (χ3n) is 5.74. The summed E-state index contributed by atoms with van der Waals surface area (Å²) in [6.07, 6.45) is 1.61. The minimum Gasteiger partial charge on any atom is -0.496 e. The van der Waals surface area contributed by atoms with Crippen LogP contribution in [0.4, 0.5) is 5.13 Å². The van der Waals surface area contributed by atoms with Crippen molar-refractivity contribution in [2.75, 3.05) is 12.0 Å². The zero-order valence-electron chi connectivity index (χ0n) is 18.1. The Morgan fingerprint density at radius 2 is 1.84 bits per heavy atom. The summed E-state index contributed by atoms with van der Waals surface area (Å²) < 4.78 is 12.2. The zero-order chi connectivity index (χ0) is 22.2. The van der Waals surface area contributed by atoms with Gasteiger partial charge in [-0.2, -0.15) is 0 Å². The molecule has 6 heteroatoms. The largest absolute Gasteiger partial charge is 0.496 e. The van der Waals surface area contributed by atoms with Gasteiger partial charge in [-0.1, -0.05) is 41.7 Å². The molecule has 1 amide bonds. The molecule has 2 heterocycles. The standard InChI is InChI=1S/C26H22N2O3S/c1-16-10-11-23-24(17(16)2)27-26(32-23)28(15-20-9-6-12-31-20)25(29)21-13-18-7-4-5-8-19(18)14-22(21)30-3/h4-14H,15H2,1-3H3. The number of anilines is 1. The maximum Gasteiger partial charge on any atom is 0.264 e. The lowest BCUT2D eigenvalue weighted by atomic mass is 10.0. The molecule has 3 aromatic carbocycles. The number of amides is 1. The van der Waals surface area contributed by atoms with Gasteiger partial charge in [-0.05, 0) is 66.1 Å². The number of methoxy groups -OCH3 is 1. The number of carbonyl (C=O) groups is 1. The van der Waals surface area contributed by atoms with E-state index in [9.17, 15) is 4.79 Å². The van der Waals surface area contributed by atoms with Gasteiger partial charge in [-0.3, -0.25) is 9.69 Å². The van der Waals surface area contributed by atoms with Crippen molar-refractivity contribution >= 4 is 43.4 Å². The molecule has 0 radical (unpaired) electrons. The first-order chi connectivity index (χ1) is 15.5. The van der Waals surface area contributed by atoms with Crippen LogP contribution in [0.15, 0.2) is 71.3 Å². The van der Waals surface area contributed by atoms with Crippen LogP contribution >= 0.6 is 11.3 Å². The van der Waals surface area contributed by atoms with Gasteiger partial charge in [0, 0.05) is 0 Å². The zero-order valence-corrected chi connectivity index (χ0v) is 18.9. The molecule has 2 aromatic heterocycles. The Labute approximate surface area is 189 Å². The van der Waals surface area contributed by atoms with Gasteiger partial charge >= 0.3 is 0 Å². The number of rotatable bonds is 5. The van der Waals surface area contributed by atoms with Gasteiger partial charge < -0.3 is 9.15 Å².